The monoisotopic (exact) mass is 293 g/mol. The molecule has 0 atom stereocenters. The van der Waals surface area contributed by atoms with Gasteiger partial charge in [-0.1, -0.05) is 23.7 Å². The minimum absolute atomic E-state index is 0.0151. The highest BCUT2D eigenvalue weighted by Crippen LogP contribution is 2.16. The maximum atomic E-state index is 13.3. The molecule has 0 saturated carbocycles. The molecule has 0 aliphatic carbocycles. The average Bonchev–Trinajstić information content (AvgIpc) is 2.44. The van der Waals surface area contributed by atoms with E-state index in [2.05, 4.69) is 4.98 Å². The van der Waals surface area contributed by atoms with E-state index in [4.69, 9.17) is 16.3 Å². The zero-order valence-electron chi connectivity index (χ0n) is 10.9. The van der Waals surface area contributed by atoms with Crippen LogP contribution in [0.4, 0.5) is 4.39 Å². The third kappa shape index (κ3) is 3.78. The lowest BCUT2D eigenvalue weighted by atomic mass is 10.0. The molecular weight excluding hydrogens is 281 g/mol. The predicted octanol–water partition coefficient (Wildman–Crippen LogP) is 3.24. The third-order valence-electron chi connectivity index (χ3n) is 2.79. The number of rotatable bonds is 5. The van der Waals surface area contributed by atoms with Gasteiger partial charge in [0, 0.05) is 25.1 Å². The van der Waals surface area contributed by atoms with Gasteiger partial charge in [0.15, 0.2) is 0 Å². The van der Waals surface area contributed by atoms with Crippen LogP contribution in [0.15, 0.2) is 36.5 Å². The van der Waals surface area contributed by atoms with Crippen LogP contribution < -0.4 is 4.74 Å². The van der Waals surface area contributed by atoms with Crippen LogP contribution in [0, 0.1) is 5.82 Å². The van der Waals surface area contributed by atoms with Gasteiger partial charge in [-0.3, -0.25) is 4.79 Å². The van der Waals surface area contributed by atoms with Gasteiger partial charge in [0.05, 0.1) is 12.1 Å². The van der Waals surface area contributed by atoms with Crippen LogP contribution in [-0.2, 0) is 17.6 Å². The van der Waals surface area contributed by atoms with Crippen molar-refractivity contribution in [1.82, 2.24) is 4.98 Å². The fourth-order valence-electron chi connectivity index (χ4n) is 1.80. The molecule has 0 amide bonds. The molecule has 0 radical (unpaired) electrons. The molecule has 5 heteroatoms. The van der Waals surface area contributed by atoms with Gasteiger partial charge >= 0.3 is 0 Å². The van der Waals surface area contributed by atoms with E-state index < -0.39 is 5.82 Å². The Balaban J connectivity index is 1.99. The lowest BCUT2D eigenvalue weighted by Gasteiger charge is -2.04. The van der Waals surface area contributed by atoms with Crippen molar-refractivity contribution in [1.29, 1.82) is 0 Å². The van der Waals surface area contributed by atoms with E-state index in [9.17, 15) is 9.18 Å². The van der Waals surface area contributed by atoms with Gasteiger partial charge in [0.1, 0.15) is 11.6 Å². The summed E-state index contributed by atoms with van der Waals surface area (Å²) in [5, 5.41) is 0.0561. The van der Waals surface area contributed by atoms with Crippen LogP contribution in [0.3, 0.4) is 0 Å². The van der Waals surface area contributed by atoms with Gasteiger partial charge in [0.2, 0.25) is 5.88 Å². The highest BCUT2D eigenvalue weighted by Gasteiger charge is 2.08. The second kappa shape index (κ2) is 6.48. The molecule has 1 aromatic carbocycles. The molecule has 0 fully saturated rings. The van der Waals surface area contributed by atoms with Crippen LogP contribution in [0.5, 0.6) is 5.88 Å². The van der Waals surface area contributed by atoms with Gasteiger partial charge in [-0.2, -0.15) is 0 Å². The molecule has 1 heterocycles. The number of nitrogens with zero attached hydrogens (tertiary/aromatic N) is 1. The van der Waals surface area contributed by atoms with Crippen LogP contribution >= 0.6 is 11.6 Å². The first-order chi connectivity index (χ1) is 9.58. The van der Waals surface area contributed by atoms with Crippen LogP contribution in [0.2, 0.25) is 5.02 Å². The first-order valence-corrected chi connectivity index (χ1v) is 6.41. The minimum Gasteiger partial charge on any atom is -0.481 e. The van der Waals surface area contributed by atoms with Crippen molar-refractivity contribution in [2.75, 3.05) is 7.11 Å². The van der Waals surface area contributed by atoms with Gasteiger partial charge in [-0.15, -0.1) is 0 Å². The highest BCUT2D eigenvalue weighted by molar-refractivity contribution is 6.30. The van der Waals surface area contributed by atoms with Gasteiger partial charge < -0.3 is 4.74 Å². The Labute approximate surface area is 121 Å². The molecule has 0 unspecified atom stereocenters. The molecule has 0 aliphatic rings. The summed E-state index contributed by atoms with van der Waals surface area (Å²) in [5.74, 6) is -0.0252. The van der Waals surface area contributed by atoms with Crippen molar-refractivity contribution < 1.29 is 13.9 Å². The largest absolute Gasteiger partial charge is 0.481 e. The van der Waals surface area contributed by atoms with Crippen molar-refractivity contribution in [3.05, 3.63) is 58.5 Å². The number of ether oxygens (including phenoxy) is 1. The highest BCUT2D eigenvalue weighted by atomic mass is 35.5. The molecule has 1 aromatic heterocycles. The maximum absolute atomic E-state index is 13.3. The molecule has 0 spiro atoms. The molecule has 104 valence electrons. The summed E-state index contributed by atoms with van der Waals surface area (Å²) in [4.78, 5) is 15.9. The smallest absolute Gasteiger partial charge is 0.212 e. The van der Waals surface area contributed by atoms with Gasteiger partial charge in [-0.25, -0.2) is 9.37 Å². The molecule has 0 N–H and O–H groups in total. The quantitative estimate of drug-likeness (QED) is 0.849. The van der Waals surface area contributed by atoms with Gasteiger partial charge in [-0.05, 0) is 23.3 Å². The summed E-state index contributed by atoms with van der Waals surface area (Å²) in [7, 11) is 1.53. The molecule has 0 aliphatic heterocycles. The molecular formula is C15H13ClFNO2. The molecule has 20 heavy (non-hydrogen) atoms. The standard InChI is InChI=1S/C15H13ClFNO2/c1-20-15-5-3-11(9-18-15)7-12(19)6-10-2-4-13(16)14(17)8-10/h2-5,8-9H,6-7H2,1H3. The Bertz CT molecular complexity index is 614. The number of carbonyl (C=O) groups is 1. The minimum atomic E-state index is -0.511. The second-order valence-electron chi connectivity index (χ2n) is 4.35. The summed E-state index contributed by atoms with van der Waals surface area (Å²) in [6.07, 6.45) is 2.01. The summed E-state index contributed by atoms with van der Waals surface area (Å²) >= 11 is 5.60. The third-order valence-corrected chi connectivity index (χ3v) is 3.10. The number of hydrogen-bond donors (Lipinski definition) is 0. The zero-order chi connectivity index (χ0) is 14.5. The summed E-state index contributed by atoms with van der Waals surface area (Å²) in [6.45, 7) is 0. The number of carbonyl (C=O) groups excluding carboxylic acids is 1. The van der Waals surface area contributed by atoms with Crippen LogP contribution in [0.1, 0.15) is 11.1 Å². The van der Waals surface area contributed by atoms with Crippen LogP contribution in [-0.4, -0.2) is 17.9 Å². The first kappa shape index (κ1) is 14.5. The molecule has 2 aromatic rings. The van der Waals surface area contributed by atoms with E-state index >= 15 is 0 Å². The summed E-state index contributed by atoms with van der Waals surface area (Å²) in [5.41, 5.74) is 1.41. The number of hydrogen-bond acceptors (Lipinski definition) is 3. The Hall–Kier alpha value is -1.94. The lowest BCUT2D eigenvalue weighted by Crippen LogP contribution is -2.07. The Morgan fingerprint density at radius 2 is 1.95 bits per heavy atom. The van der Waals surface area contributed by atoms with Crippen molar-refractivity contribution in [2.24, 2.45) is 0 Å². The normalized spacial score (nSPS) is 10.3. The molecule has 0 bridgehead atoms. The Morgan fingerprint density at radius 1 is 1.25 bits per heavy atom. The first-order valence-electron chi connectivity index (χ1n) is 6.03. The van der Waals surface area contributed by atoms with E-state index in [-0.39, 0.29) is 23.6 Å². The number of methoxy groups -OCH3 is 1. The van der Waals surface area contributed by atoms with E-state index in [1.807, 2.05) is 0 Å². The van der Waals surface area contributed by atoms with E-state index in [1.165, 1.54) is 19.2 Å². The number of aromatic nitrogens is 1. The summed E-state index contributed by atoms with van der Waals surface area (Å²) in [6, 6.07) is 7.87. The fourth-order valence-corrected chi connectivity index (χ4v) is 1.92. The van der Waals surface area contributed by atoms with Gasteiger partial charge in [0.25, 0.3) is 0 Å². The maximum Gasteiger partial charge on any atom is 0.212 e. The summed E-state index contributed by atoms with van der Waals surface area (Å²) < 4.78 is 18.2. The SMILES string of the molecule is COc1ccc(CC(=O)Cc2ccc(Cl)c(F)c2)cn1. The Morgan fingerprint density at radius 3 is 2.55 bits per heavy atom. The van der Waals surface area contributed by atoms with Crippen LogP contribution in [0.25, 0.3) is 0 Å². The molecule has 3 nitrogen and oxygen atoms in total. The van der Waals surface area contributed by atoms with Crippen molar-refractivity contribution in [3.8, 4) is 5.88 Å². The van der Waals surface area contributed by atoms with E-state index in [1.54, 1.807) is 24.4 Å². The Kier molecular flexibility index (Phi) is 4.69. The number of benzene rings is 1. The average molecular weight is 294 g/mol. The second-order valence-corrected chi connectivity index (χ2v) is 4.76. The molecule has 2 rings (SSSR count). The predicted molar refractivity (Wildman–Crippen MR) is 74.6 cm³/mol. The lowest BCUT2D eigenvalue weighted by molar-refractivity contribution is -0.117. The van der Waals surface area contributed by atoms with Crippen molar-refractivity contribution >= 4 is 17.4 Å². The van der Waals surface area contributed by atoms with E-state index in [0.717, 1.165) is 5.56 Å². The number of ketones is 1. The fraction of sp³-hybridized carbons (Fsp3) is 0.200. The molecule has 0 saturated heterocycles. The van der Waals surface area contributed by atoms with Crippen molar-refractivity contribution in [3.63, 3.8) is 0 Å². The number of halogens is 2. The topological polar surface area (TPSA) is 39.2 Å². The van der Waals surface area contributed by atoms with Crippen molar-refractivity contribution in [2.45, 2.75) is 12.8 Å². The number of Topliss-reactive ketones (excluding diaryl/α,β-unsaturated/α-hetero) is 1. The number of pyridine rings is 1. The zero-order valence-corrected chi connectivity index (χ0v) is 11.7. The van der Waals surface area contributed by atoms with E-state index in [0.29, 0.717) is 11.4 Å².